The molecule has 2 aromatic rings. The van der Waals surface area contributed by atoms with Crippen molar-refractivity contribution < 1.29 is 9.59 Å². The van der Waals surface area contributed by atoms with Gasteiger partial charge in [-0.25, -0.2) is 0 Å². The molecule has 0 atom stereocenters. The molecule has 2 aliphatic rings. The first-order valence-electron chi connectivity index (χ1n) is 11.6. The van der Waals surface area contributed by atoms with Gasteiger partial charge in [-0.05, 0) is 48.8 Å². The lowest BCUT2D eigenvalue weighted by Gasteiger charge is -2.42. The van der Waals surface area contributed by atoms with E-state index in [9.17, 15) is 9.59 Å². The molecule has 0 spiro atoms. The third-order valence-electron chi connectivity index (χ3n) is 7.20. The number of amides is 2. The third kappa shape index (κ3) is 4.68. The van der Waals surface area contributed by atoms with Gasteiger partial charge in [0.05, 0.1) is 5.41 Å². The molecule has 164 valence electrons. The Hall–Kier alpha value is -2.62. The highest BCUT2D eigenvalue weighted by atomic mass is 16.2. The standard InChI is InChI=1S/C27H34N2O2/c1-28(2)26(31)27(16-18-29(19-17-27)25(30)24-10-6-7-11-24)20-21-12-14-23(15-13-21)22-8-4-3-5-9-22/h3-5,8-9,12-15,24H,6-7,10-11,16-20H2,1-2H3. The molecule has 0 radical (unpaired) electrons. The summed E-state index contributed by atoms with van der Waals surface area (Å²) in [6, 6.07) is 19.0. The highest BCUT2D eigenvalue weighted by Crippen LogP contribution is 2.38. The molecule has 2 fully saturated rings. The highest BCUT2D eigenvalue weighted by Gasteiger charge is 2.43. The fourth-order valence-corrected chi connectivity index (χ4v) is 5.36. The van der Waals surface area contributed by atoms with Crippen LogP contribution in [0, 0.1) is 11.3 Å². The topological polar surface area (TPSA) is 40.6 Å². The molecule has 1 aliphatic carbocycles. The number of hydrogen-bond acceptors (Lipinski definition) is 2. The smallest absolute Gasteiger partial charge is 0.228 e. The molecule has 2 amide bonds. The number of rotatable bonds is 5. The second kappa shape index (κ2) is 9.25. The van der Waals surface area contributed by atoms with Crippen LogP contribution in [0.5, 0.6) is 0 Å². The normalized spacial score (nSPS) is 18.7. The largest absolute Gasteiger partial charge is 0.348 e. The van der Waals surface area contributed by atoms with Crippen molar-refractivity contribution in [3.63, 3.8) is 0 Å². The highest BCUT2D eigenvalue weighted by molar-refractivity contribution is 5.84. The number of likely N-dealkylation sites (tertiary alicyclic amines) is 1. The van der Waals surface area contributed by atoms with Gasteiger partial charge in [-0.2, -0.15) is 0 Å². The molecule has 4 heteroatoms. The van der Waals surface area contributed by atoms with Crippen molar-refractivity contribution in [2.75, 3.05) is 27.2 Å². The van der Waals surface area contributed by atoms with Gasteiger partial charge in [0, 0.05) is 33.1 Å². The molecule has 1 saturated carbocycles. The Balaban J connectivity index is 1.48. The zero-order chi connectivity index (χ0) is 21.8. The lowest BCUT2D eigenvalue weighted by atomic mass is 9.72. The van der Waals surface area contributed by atoms with E-state index >= 15 is 0 Å². The molecule has 0 aromatic heterocycles. The van der Waals surface area contributed by atoms with Crippen molar-refractivity contribution in [3.05, 3.63) is 60.2 Å². The summed E-state index contributed by atoms with van der Waals surface area (Å²) in [5, 5.41) is 0. The van der Waals surface area contributed by atoms with Crippen LogP contribution in [0.4, 0.5) is 0 Å². The van der Waals surface area contributed by atoms with E-state index in [4.69, 9.17) is 0 Å². The summed E-state index contributed by atoms with van der Waals surface area (Å²) < 4.78 is 0. The summed E-state index contributed by atoms with van der Waals surface area (Å²) in [6.45, 7) is 1.38. The van der Waals surface area contributed by atoms with Gasteiger partial charge >= 0.3 is 0 Å². The fraction of sp³-hybridized carbons (Fsp3) is 0.481. The minimum absolute atomic E-state index is 0.188. The third-order valence-corrected chi connectivity index (χ3v) is 7.20. The van der Waals surface area contributed by atoms with Gasteiger partial charge in [-0.3, -0.25) is 9.59 Å². The van der Waals surface area contributed by atoms with Gasteiger partial charge in [0.25, 0.3) is 0 Å². The molecule has 4 nitrogen and oxygen atoms in total. The zero-order valence-corrected chi connectivity index (χ0v) is 18.8. The van der Waals surface area contributed by atoms with E-state index in [2.05, 4.69) is 48.5 Å². The van der Waals surface area contributed by atoms with Gasteiger partial charge in [0.1, 0.15) is 0 Å². The van der Waals surface area contributed by atoms with Crippen molar-refractivity contribution >= 4 is 11.8 Å². The molecule has 0 unspecified atom stereocenters. The van der Waals surface area contributed by atoms with E-state index in [-0.39, 0.29) is 11.8 Å². The summed E-state index contributed by atoms with van der Waals surface area (Å²) in [5.74, 6) is 0.714. The first kappa shape index (κ1) is 21.6. The molecular weight excluding hydrogens is 384 g/mol. The van der Waals surface area contributed by atoms with Crippen LogP contribution < -0.4 is 0 Å². The first-order chi connectivity index (χ1) is 15.0. The van der Waals surface area contributed by atoms with Crippen LogP contribution in [-0.2, 0) is 16.0 Å². The van der Waals surface area contributed by atoms with Gasteiger partial charge in [-0.1, -0.05) is 67.4 Å². The summed E-state index contributed by atoms with van der Waals surface area (Å²) >= 11 is 0. The lowest BCUT2D eigenvalue weighted by Crippen LogP contribution is -2.51. The van der Waals surface area contributed by atoms with Crippen LogP contribution in [0.1, 0.15) is 44.1 Å². The van der Waals surface area contributed by atoms with Crippen molar-refractivity contribution in [2.45, 2.75) is 44.9 Å². The SMILES string of the molecule is CN(C)C(=O)C1(Cc2ccc(-c3ccccc3)cc2)CCN(C(=O)C2CCCC2)CC1. The van der Waals surface area contributed by atoms with Crippen LogP contribution >= 0.6 is 0 Å². The zero-order valence-electron chi connectivity index (χ0n) is 18.8. The quantitative estimate of drug-likeness (QED) is 0.701. The van der Waals surface area contributed by atoms with Gasteiger partial charge in [-0.15, -0.1) is 0 Å². The van der Waals surface area contributed by atoms with Gasteiger partial charge in [0.15, 0.2) is 0 Å². The molecular formula is C27H34N2O2. The molecule has 31 heavy (non-hydrogen) atoms. The van der Waals surface area contributed by atoms with Crippen molar-refractivity contribution in [1.82, 2.24) is 9.80 Å². The summed E-state index contributed by atoms with van der Waals surface area (Å²) in [6.07, 6.45) is 6.62. The van der Waals surface area contributed by atoms with Crippen LogP contribution in [-0.4, -0.2) is 48.8 Å². The number of carbonyl (C=O) groups is 2. The van der Waals surface area contributed by atoms with E-state index < -0.39 is 5.41 Å². The minimum Gasteiger partial charge on any atom is -0.348 e. The summed E-state index contributed by atoms with van der Waals surface area (Å²) in [4.78, 5) is 29.9. The van der Waals surface area contributed by atoms with Crippen molar-refractivity contribution in [3.8, 4) is 11.1 Å². The maximum absolute atomic E-state index is 13.3. The summed E-state index contributed by atoms with van der Waals surface area (Å²) in [5.41, 5.74) is 3.15. The van der Waals surface area contributed by atoms with E-state index in [0.29, 0.717) is 19.0 Å². The minimum atomic E-state index is -0.426. The molecule has 0 bridgehead atoms. The Kier molecular flexibility index (Phi) is 6.45. The van der Waals surface area contributed by atoms with Crippen molar-refractivity contribution in [2.24, 2.45) is 11.3 Å². The second-order valence-electron chi connectivity index (χ2n) is 9.53. The molecule has 1 saturated heterocycles. The number of carbonyl (C=O) groups excluding carboxylic acids is 2. The molecule has 1 aliphatic heterocycles. The monoisotopic (exact) mass is 418 g/mol. The maximum atomic E-state index is 13.3. The number of benzene rings is 2. The van der Waals surface area contributed by atoms with Gasteiger partial charge < -0.3 is 9.80 Å². The average molecular weight is 419 g/mol. The molecule has 1 heterocycles. The van der Waals surface area contributed by atoms with Crippen molar-refractivity contribution in [1.29, 1.82) is 0 Å². The van der Waals surface area contributed by atoms with Crippen LogP contribution in [0.2, 0.25) is 0 Å². The summed E-state index contributed by atoms with van der Waals surface area (Å²) in [7, 11) is 3.69. The Morgan fingerprint density at radius 2 is 1.48 bits per heavy atom. The second-order valence-corrected chi connectivity index (χ2v) is 9.53. The van der Waals surface area contributed by atoms with E-state index in [1.54, 1.807) is 4.90 Å². The number of nitrogens with zero attached hydrogens (tertiary/aromatic N) is 2. The number of piperidine rings is 1. The van der Waals surface area contributed by atoms with Gasteiger partial charge in [0.2, 0.25) is 11.8 Å². The van der Waals surface area contributed by atoms with E-state index in [1.165, 1.54) is 29.5 Å². The van der Waals surface area contributed by atoms with Crippen LogP contribution in [0.15, 0.2) is 54.6 Å². The van der Waals surface area contributed by atoms with Crippen LogP contribution in [0.3, 0.4) is 0 Å². The van der Waals surface area contributed by atoms with E-state index in [0.717, 1.165) is 32.1 Å². The fourth-order valence-electron chi connectivity index (χ4n) is 5.36. The lowest BCUT2D eigenvalue weighted by molar-refractivity contribution is -0.147. The predicted molar refractivity (Wildman–Crippen MR) is 124 cm³/mol. The predicted octanol–water partition coefficient (Wildman–Crippen LogP) is 4.78. The molecule has 2 aromatic carbocycles. The first-order valence-corrected chi connectivity index (χ1v) is 11.6. The number of hydrogen-bond donors (Lipinski definition) is 0. The Labute approximate surface area is 186 Å². The average Bonchev–Trinajstić information content (AvgIpc) is 3.35. The molecule has 4 rings (SSSR count). The Bertz CT molecular complexity index is 891. The maximum Gasteiger partial charge on any atom is 0.228 e. The van der Waals surface area contributed by atoms with Crippen LogP contribution in [0.25, 0.3) is 11.1 Å². The Morgan fingerprint density at radius 3 is 2.06 bits per heavy atom. The molecule has 0 N–H and O–H groups in total. The Morgan fingerprint density at radius 1 is 0.903 bits per heavy atom. The van der Waals surface area contributed by atoms with E-state index in [1.807, 2.05) is 25.1 Å².